The van der Waals surface area contributed by atoms with Gasteiger partial charge in [-0.25, -0.2) is 10.1 Å². The SMILES string of the molecule is COC[C@@H]1CCCN1/C=C(\NC(=O)c1ccccc1)[N+](=O)[O-]. The summed E-state index contributed by atoms with van der Waals surface area (Å²) in [6, 6.07) is 8.51. The standard InChI is InChI=1S/C15H19N3O4/c1-22-11-13-8-5-9-17(13)10-14(18(20)21)16-15(19)12-6-3-2-4-7-12/h2-4,6-7,10,13H,5,8-9,11H2,1H3,(H,16,19)/b14-10+/t13-/m0/s1. The van der Waals surface area contributed by atoms with E-state index in [4.69, 9.17) is 4.74 Å². The van der Waals surface area contributed by atoms with Crippen LogP contribution < -0.4 is 5.32 Å². The Hall–Kier alpha value is -2.41. The van der Waals surface area contributed by atoms with Crippen LogP contribution in [0.4, 0.5) is 0 Å². The van der Waals surface area contributed by atoms with Crippen molar-refractivity contribution in [1.29, 1.82) is 0 Å². The van der Waals surface area contributed by atoms with Gasteiger partial charge in [-0.05, 0) is 29.9 Å². The molecule has 7 heteroatoms. The monoisotopic (exact) mass is 305 g/mol. The molecule has 1 N–H and O–H groups in total. The van der Waals surface area contributed by atoms with Gasteiger partial charge in [0, 0.05) is 13.7 Å². The Kier molecular flexibility index (Phi) is 5.48. The van der Waals surface area contributed by atoms with E-state index in [0.717, 1.165) is 12.8 Å². The lowest BCUT2D eigenvalue weighted by Crippen LogP contribution is -2.33. The molecular weight excluding hydrogens is 286 g/mol. The van der Waals surface area contributed by atoms with Crippen molar-refractivity contribution in [2.75, 3.05) is 20.3 Å². The summed E-state index contributed by atoms with van der Waals surface area (Å²) < 4.78 is 5.12. The van der Waals surface area contributed by atoms with Gasteiger partial charge < -0.3 is 19.8 Å². The van der Waals surface area contributed by atoms with E-state index in [1.165, 1.54) is 6.20 Å². The Morgan fingerprint density at radius 3 is 2.86 bits per heavy atom. The molecule has 22 heavy (non-hydrogen) atoms. The molecular formula is C15H19N3O4. The Balaban J connectivity index is 2.11. The number of carbonyl (C=O) groups is 1. The molecule has 1 aromatic rings. The Labute approximate surface area is 128 Å². The second-order valence-corrected chi connectivity index (χ2v) is 5.08. The molecule has 1 heterocycles. The molecule has 1 aliphatic rings. The lowest BCUT2D eigenvalue weighted by atomic mass is 10.2. The van der Waals surface area contributed by atoms with E-state index >= 15 is 0 Å². The first kappa shape index (κ1) is 16.0. The van der Waals surface area contributed by atoms with Gasteiger partial charge in [-0.2, -0.15) is 0 Å². The summed E-state index contributed by atoms with van der Waals surface area (Å²) in [5, 5.41) is 13.5. The van der Waals surface area contributed by atoms with Crippen LogP contribution in [0.25, 0.3) is 0 Å². The summed E-state index contributed by atoms with van der Waals surface area (Å²) in [6.07, 6.45) is 3.27. The van der Waals surface area contributed by atoms with E-state index in [1.807, 2.05) is 4.90 Å². The van der Waals surface area contributed by atoms with Crippen molar-refractivity contribution < 1.29 is 14.5 Å². The highest BCUT2D eigenvalue weighted by atomic mass is 16.6. The third-order valence-electron chi connectivity index (χ3n) is 3.54. The molecule has 1 fully saturated rings. The van der Waals surface area contributed by atoms with Gasteiger partial charge >= 0.3 is 11.7 Å². The molecule has 0 unspecified atom stereocenters. The van der Waals surface area contributed by atoms with Gasteiger partial charge in [0.15, 0.2) is 0 Å². The molecule has 0 bridgehead atoms. The third kappa shape index (κ3) is 4.05. The molecule has 1 amide bonds. The maximum atomic E-state index is 12.0. The highest BCUT2D eigenvalue weighted by molar-refractivity contribution is 5.94. The summed E-state index contributed by atoms with van der Waals surface area (Å²) in [6.45, 7) is 1.22. The summed E-state index contributed by atoms with van der Waals surface area (Å²) in [5.41, 5.74) is 0.380. The minimum atomic E-state index is -0.580. The van der Waals surface area contributed by atoms with Gasteiger partial charge in [-0.1, -0.05) is 18.2 Å². The number of ether oxygens (including phenoxy) is 1. The van der Waals surface area contributed by atoms with Crippen molar-refractivity contribution in [3.05, 3.63) is 58.0 Å². The number of carbonyl (C=O) groups excluding carboxylic acids is 1. The predicted molar refractivity (Wildman–Crippen MR) is 80.6 cm³/mol. The highest BCUT2D eigenvalue weighted by Crippen LogP contribution is 2.18. The average molecular weight is 305 g/mol. The molecule has 118 valence electrons. The number of methoxy groups -OCH3 is 1. The van der Waals surface area contributed by atoms with Gasteiger partial charge in [0.25, 0.3) is 0 Å². The van der Waals surface area contributed by atoms with Gasteiger partial charge in [0.1, 0.15) is 0 Å². The normalized spacial score (nSPS) is 18.3. The Bertz CT molecular complexity index is 559. The maximum Gasteiger partial charge on any atom is 0.339 e. The summed E-state index contributed by atoms with van der Waals surface area (Å²) >= 11 is 0. The summed E-state index contributed by atoms with van der Waals surface area (Å²) in [7, 11) is 1.60. The van der Waals surface area contributed by atoms with Crippen molar-refractivity contribution in [1.82, 2.24) is 10.2 Å². The van der Waals surface area contributed by atoms with Crippen LogP contribution in [-0.4, -0.2) is 42.0 Å². The van der Waals surface area contributed by atoms with Crippen LogP contribution in [-0.2, 0) is 4.74 Å². The fraction of sp³-hybridized carbons (Fsp3) is 0.400. The van der Waals surface area contributed by atoms with Crippen molar-refractivity contribution >= 4 is 5.91 Å². The van der Waals surface area contributed by atoms with E-state index in [9.17, 15) is 14.9 Å². The first-order chi connectivity index (χ1) is 10.6. The molecule has 0 radical (unpaired) electrons. The lowest BCUT2D eigenvalue weighted by molar-refractivity contribution is -0.431. The average Bonchev–Trinajstić information content (AvgIpc) is 2.95. The topological polar surface area (TPSA) is 84.7 Å². The van der Waals surface area contributed by atoms with Crippen molar-refractivity contribution in [2.24, 2.45) is 0 Å². The van der Waals surface area contributed by atoms with Crippen molar-refractivity contribution in [2.45, 2.75) is 18.9 Å². The van der Waals surface area contributed by atoms with Crippen LogP contribution in [0, 0.1) is 10.1 Å². The second-order valence-electron chi connectivity index (χ2n) is 5.08. The Morgan fingerprint density at radius 1 is 1.50 bits per heavy atom. The van der Waals surface area contributed by atoms with E-state index in [-0.39, 0.29) is 11.9 Å². The van der Waals surface area contributed by atoms with Gasteiger partial charge in [-0.15, -0.1) is 0 Å². The van der Waals surface area contributed by atoms with Crippen LogP contribution in [0.1, 0.15) is 23.2 Å². The molecule has 7 nitrogen and oxygen atoms in total. The molecule has 1 aliphatic heterocycles. The van der Waals surface area contributed by atoms with E-state index in [0.29, 0.717) is 18.7 Å². The fourth-order valence-electron chi connectivity index (χ4n) is 2.46. The molecule has 1 atom stereocenters. The zero-order valence-corrected chi connectivity index (χ0v) is 12.4. The van der Waals surface area contributed by atoms with Crippen LogP contribution in [0.3, 0.4) is 0 Å². The number of nitrogens with zero attached hydrogens (tertiary/aromatic N) is 2. The predicted octanol–water partition coefficient (Wildman–Crippen LogP) is 1.60. The lowest BCUT2D eigenvalue weighted by Gasteiger charge is -2.21. The fourth-order valence-corrected chi connectivity index (χ4v) is 2.46. The zero-order chi connectivity index (χ0) is 15.9. The quantitative estimate of drug-likeness (QED) is 0.637. The molecule has 1 saturated heterocycles. The molecule has 0 saturated carbocycles. The number of rotatable bonds is 6. The van der Waals surface area contributed by atoms with Crippen LogP contribution in [0.15, 0.2) is 42.4 Å². The number of hydrogen-bond donors (Lipinski definition) is 1. The molecule has 0 spiro atoms. The molecule has 0 aromatic heterocycles. The van der Waals surface area contributed by atoms with Crippen LogP contribution >= 0.6 is 0 Å². The van der Waals surface area contributed by atoms with E-state index < -0.39 is 10.8 Å². The van der Waals surface area contributed by atoms with E-state index in [1.54, 1.807) is 37.4 Å². The molecule has 1 aromatic carbocycles. The third-order valence-corrected chi connectivity index (χ3v) is 3.54. The summed E-state index contributed by atoms with van der Waals surface area (Å²) in [4.78, 5) is 24.5. The maximum absolute atomic E-state index is 12.0. The molecule has 0 aliphatic carbocycles. The molecule has 2 rings (SSSR count). The minimum Gasteiger partial charge on any atom is -0.383 e. The number of nitro groups is 1. The van der Waals surface area contributed by atoms with Crippen molar-refractivity contribution in [3.8, 4) is 0 Å². The van der Waals surface area contributed by atoms with Crippen LogP contribution in [0.5, 0.6) is 0 Å². The Morgan fingerprint density at radius 2 is 2.23 bits per heavy atom. The highest BCUT2D eigenvalue weighted by Gasteiger charge is 2.25. The number of hydrogen-bond acceptors (Lipinski definition) is 5. The largest absolute Gasteiger partial charge is 0.383 e. The second kappa shape index (κ2) is 7.56. The number of likely N-dealkylation sites (tertiary alicyclic amines) is 1. The first-order valence-corrected chi connectivity index (χ1v) is 7.09. The zero-order valence-electron chi connectivity index (χ0n) is 12.4. The first-order valence-electron chi connectivity index (χ1n) is 7.09. The number of amides is 1. The van der Waals surface area contributed by atoms with Gasteiger partial charge in [0.2, 0.25) is 0 Å². The van der Waals surface area contributed by atoms with E-state index in [2.05, 4.69) is 5.32 Å². The van der Waals surface area contributed by atoms with Crippen LogP contribution in [0.2, 0.25) is 0 Å². The minimum absolute atomic E-state index is 0.105. The smallest absolute Gasteiger partial charge is 0.339 e. The van der Waals surface area contributed by atoms with Gasteiger partial charge in [-0.3, -0.25) is 0 Å². The number of nitrogens with one attached hydrogen (secondary N) is 1. The van der Waals surface area contributed by atoms with Crippen molar-refractivity contribution in [3.63, 3.8) is 0 Å². The summed E-state index contributed by atoms with van der Waals surface area (Å²) in [5.74, 6) is -0.817. The van der Waals surface area contributed by atoms with Gasteiger partial charge in [0.05, 0.1) is 24.4 Å². The number of benzene rings is 1.